The summed E-state index contributed by atoms with van der Waals surface area (Å²) in [5.74, 6) is 1.81. The molecule has 12 rings (SSSR count). The number of aromatic nitrogens is 4. The Kier molecular flexibility index (Phi) is 12.1. The van der Waals surface area contributed by atoms with E-state index in [1.807, 2.05) is 36.4 Å². The van der Waals surface area contributed by atoms with Gasteiger partial charge in [0.25, 0.3) is 0 Å². The van der Waals surface area contributed by atoms with Gasteiger partial charge in [-0.2, -0.15) is 0 Å². The lowest BCUT2D eigenvalue weighted by Gasteiger charge is -2.17. The maximum Gasteiger partial charge on any atom is 0.166 e. The molecule has 0 fully saturated rings. The van der Waals surface area contributed by atoms with Crippen LogP contribution in [-0.4, -0.2) is 19.5 Å². The molecule has 2 heterocycles. The van der Waals surface area contributed by atoms with Gasteiger partial charge < -0.3 is 4.57 Å². The van der Waals surface area contributed by atoms with Gasteiger partial charge in [-0.05, 0) is 110 Å². The van der Waals surface area contributed by atoms with Crippen molar-refractivity contribution < 1.29 is 0 Å². The molecule has 0 atom stereocenters. The standard InChI is InChI=1S/C63H42N4.2CH4/c1-7-19-43(20-8-1)49-31-34-58-55(40-49)56-41-50(44-21-9-2-10-22-44)32-35-59(56)67(58)60-36-33-51(54-38-52(45-23-11-3-12-24-45)37-53(39-54)46-25-13-4-14-26-46)42-57(60)63-65-61(47-27-15-5-16-28-47)64-62(66-63)48-29-17-6-18-30-48;;/h1-42H;2*1H4. The van der Waals surface area contributed by atoms with Crippen molar-refractivity contribution in [2.45, 2.75) is 14.9 Å². The molecular weight excluding hydrogens is 837 g/mol. The Hall–Kier alpha value is -8.99. The molecule has 4 heteroatoms. The summed E-state index contributed by atoms with van der Waals surface area (Å²) in [5.41, 5.74) is 17.3. The molecule has 0 unspecified atom stereocenters. The van der Waals surface area contributed by atoms with Crippen LogP contribution in [0.1, 0.15) is 14.9 Å². The second kappa shape index (κ2) is 19.1. The summed E-state index contributed by atoms with van der Waals surface area (Å²) >= 11 is 0. The maximum atomic E-state index is 5.37. The van der Waals surface area contributed by atoms with Crippen LogP contribution in [-0.2, 0) is 0 Å². The van der Waals surface area contributed by atoms with Crippen molar-refractivity contribution in [1.29, 1.82) is 0 Å². The average Bonchev–Trinajstić information content (AvgIpc) is 3.74. The minimum Gasteiger partial charge on any atom is -0.308 e. The van der Waals surface area contributed by atoms with Gasteiger partial charge in [0.15, 0.2) is 17.5 Å². The van der Waals surface area contributed by atoms with Crippen molar-refractivity contribution in [2.24, 2.45) is 0 Å². The van der Waals surface area contributed by atoms with Crippen LogP contribution in [0, 0.1) is 0 Å². The summed E-state index contributed by atoms with van der Waals surface area (Å²) < 4.78 is 2.40. The fraction of sp³-hybridized carbons (Fsp3) is 0.0308. The van der Waals surface area contributed by atoms with Crippen LogP contribution in [0.2, 0.25) is 0 Å². The Morgan fingerprint density at radius 3 is 0.928 bits per heavy atom. The zero-order chi connectivity index (χ0) is 44.5. The van der Waals surface area contributed by atoms with E-state index in [1.165, 1.54) is 11.1 Å². The molecule has 0 saturated carbocycles. The van der Waals surface area contributed by atoms with Gasteiger partial charge in [-0.15, -0.1) is 0 Å². The number of nitrogens with zero attached hydrogens (tertiary/aromatic N) is 4. The number of rotatable bonds is 9. The molecule has 330 valence electrons. The fourth-order valence-corrected chi connectivity index (χ4v) is 9.31. The predicted molar refractivity (Wildman–Crippen MR) is 291 cm³/mol. The number of benzene rings is 10. The van der Waals surface area contributed by atoms with Gasteiger partial charge in [-0.25, -0.2) is 15.0 Å². The van der Waals surface area contributed by atoms with Crippen molar-refractivity contribution in [3.8, 4) is 95.5 Å². The molecule has 12 aromatic rings. The number of hydrogen-bond donors (Lipinski definition) is 0. The van der Waals surface area contributed by atoms with Crippen LogP contribution >= 0.6 is 0 Å². The predicted octanol–water partition coefficient (Wildman–Crippen LogP) is 17.6. The normalized spacial score (nSPS) is 11.0. The van der Waals surface area contributed by atoms with E-state index >= 15 is 0 Å². The van der Waals surface area contributed by atoms with E-state index in [0.29, 0.717) is 17.5 Å². The first-order chi connectivity index (χ1) is 33.2. The Labute approximate surface area is 404 Å². The number of hydrogen-bond acceptors (Lipinski definition) is 3. The van der Waals surface area contributed by atoms with E-state index in [4.69, 9.17) is 15.0 Å². The molecule has 10 aromatic carbocycles. The summed E-state index contributed by atoms with van der Waals surface area (Å²) in [6.07, 6.45) is 0. The van der Waals surface area contributed by atoms with Crippen molar-refractivity contribution in [1.82, 2.24) is 19.5 Å². The highest BCUT2D eigenvalue weighted by atomic mass is 15.1. The zero-order valence-corrected chi connectivity index (χ0v) is 36.5. The van der Waals surface area contributed by atoms with Crippen molar-refractivity contribution in [3.63, 3.8) is 0 Å². The van der Waals surface area contributed by atoms with Gasteiger partial charge in [0, 0.05) is 27.5 Å². The van der Waals surface area contributed by atoms with Gasteiger partial charge in [-0.1, -0.05) is 215 Å². The molecule has 0 spiro atoms. The zero-order valence-electron chi connectivity index (χ0n) is 36.5. The summed E-state index contributed by atoms with van der Waals surface area (Å²) in [4.78, 5) is 15.8. The average molecular weight is 887 g/mol. The summed E-state index contributed by atoms with van der Waals surface area (Å²) in [7, 11) is 0. The summed E-state index contributed by atoms with van der Waals surface area (Å²) in [6, 6.07) is 90.3. The maximum absolute atomic E-state index is 5.37. The van der Waals surface area contributed by atoms with E-state index in [1.54, 1.807) is 0 Å². The summed E-state index contributed by atoms with van der Waals surface area (Å²) in [5, 5.41) is 2.33. The van der Waals surface area contributed by atoms with Gasteiger partial charge in [0.2, 0.25) is 0 Å². The van der Waals surface area contributed by atoms with E-state index in [-0.39, 0.29) is 14.9 Å². The molecule has 4 nitrogen and oxygen atoms in total. The monoisotopic (exact) mass is 886 g/mol. The molecule has 0 saturated heterocycles. The van der Waals surface area contributed by atoms with E-state index in [9.17, 15) is 0 Å². The lowest BCUT2D eigenvalue weighted by atomic mass is 9.92. The second-order valence-electron chi connectivity index (χ2n) is 16.8. The highest BCUT2D eigenvalue weighted by molar-refractivity contribution is 6.12. The smallest absolute Gasteiger partial charge is 0.166 e. The molecule has 0 aliphatic carbocycles. The fourth-order valence-electron chi connectivity index (χ4n) is 9.31. The quantitative estimate of drug-likeness (QED) is 0.145. The molecule has 0 N–H and O–H groups in total. The van der Waals surface area contributed by atoms with Gasteiger partial charge in [0.1, 0.15) is 0 Å². The van der Waals surface area contributed by atoms with E-state index in [2.05, 4.69) is 223 Å². The van der Waals surface area contributed by atoms with E-state index in [0.717, 1.165) is 88.7 Å². The summed E-state index contributed by atoms with van der Waals surface area (Å²) in [6.45, 7) is 0. The third-order valence-electron chi connectivity index (χ3n) is 12.6. The molecule has 69 heavy (non-hydrogen) atoms. The Morgan fingerprint density at radius 1 is 0.232 bits per heavy atom. The van der Waals surface area contributed by atoms with Crippen LogP contribution < -0.4 is 0 Å². The lowest BCUT2D eigenvalue weighted by Crippen LogP contribution is -2.04. The van der Waals surface area contributed by atoms with Gasteiger partial charge in [0.05, 0.1) is 16.7 Å². The van der Waals surface area contributed by atoms with Crippen LogP contribution in [0.3, 0.4) is 0 Å². The van der Waals surface area contributed by atoms with Gasteiger partial charge >= 0.3 is 0 Å². The molecule has 0 aliphatic heterocycles. The highest BCUT2D eigenvalue weighted by Gasteiger charge is 2.22. The van der Waals surface area contributed by atoms with Crippen LogP contribution in [0.5, 0.6) is 0 Å². The first-order valence-electron chi connectivity index (χ1n) is 22.7. The third kappa shape index (κ3) is 8.52. The van der Waals surface area contributed by atoms with Crippen molar-refractivity contribution >= 4 is 21.8 Å². The topological polar surface area (TPSA) is 43.6 Å². The molecule has 0 aliphatic rings. The van der Waals surface area contributed by atoms with E-state index < -0.39 is 0 Å². The van der Waals surface area contributed by atoms with Gasteiger partial charge in [-0.3, -0.25) is 0 Å². The molecular formula is C65H50N4. The highest BCUT2D eigenvalue weighted by Crippen LogP contribution is 2.42. The molecule has 0 radical (unpaired) electrons. The molecule has 0 bridgehead atoms. The SMILES string of the molecule is C.C.c1ccc(-c2cc(-c3ccccc3)cc(-c3ccc(-n4c5ccc(-c6ccccc6)cc5c5cc(-c6ccccc6)ccc54)c(-c4nc(-c5ccccc5)nc(-c5ccccc5)n4)c3)c2)cc1. The Morgan fingerprint density at radius 2 is 0.536 bits per heavy atom. The minimum absolute atomic E-state index is 0. The Bertz CT molecular complexity index is 3490. The van der Waals surface area contributed by atoms with Crippen molar-refractivity contribution in [3.05, 3.63) is 255 Å². The number of fused-ring (bicyclic) bond motifs is 3. The minimum atomic E-state index is 0. The molecule has 2 aromatic heterocycles. The second-order valence-corrected chi connectivity index (χ2v) is 16.8. The lowest BCUT2D eigenvalue weighted by molar-refractivity contribution is 1.06. The van der Waals surface area contributed by atoms with Crippen molar-refractivity contribution in [2.75, 3.05) is 0 Å². The van der Waals surface area contributed by atoms with Crippen LogP contribution in [0.4, 0.5) is 0 Å². The Balaban J connectivity index is 0.00000277. The first-order valence-corrected chi connectivity index (χ1v) is 22.7. The largest absolute Gasteiger partial charge is 0.308 e. The van der Waals surface area contributed by atoms with Crippen LogP contribution in [0.15, 0.2) is 255 Å². The van der Waals surface area contributed by atoms with Crippen LogP contribution in [0.25, 0.3) is 117 Å². The third-order valence-corrected chi connectivity index (χ3v) is 12.6. The molecule has 0 amide bonds. The first kappa shape index (κ1) is 43.9.